The molecule has 0 spiro atoms. The number of hydrogen-bond donors (Lipinski definition) is 0. The lowest BCUT2D eigenvalue weighted by atomic mass is 9.99. The molecule has 0 fully saturated rings. The maximum Gasteiger partial charge on any atom is 0.161 e. The summed E-state index contributed by atoms with van der Waals surface area (Å²) in [6.45, 7) is 0. The maximum atomic E-state index is 6.33. The first-order chi connectivity index (χ1) is 27.7. The molecule has 5 heteroatoms. The Balaban J connectivity index is 0.987. The van der Waals surface area contributed by atoms with Gasteiger partial charge >= 0.3 is 0 Å². The van der Waals surface area contributed by atoms with E-state index in [1.165, 1.54) is 10.8 Å². The predicted molar refractivity (Wildman–Crippen MR) is 231 cm³/mol. The molecule has 0 atom stereocenters. The Hall–Kier alpha value is -7.63. The molecule has 0 aliphatic rings. The van der Waals surface area contributed by atoms with Crippen LogP contribution in [0.2, 0.25) is 0 Å². The molecule has 0 amide bonds. The normalized spacial score (nSPS) is 11.6. The maximum absolute atomic E-state index is 6.33. The van der Waals surface area contributed by atoms with Gasteiger partial charge in [0.1, 0.15) is 11.1 Å². The molecule has 0 radical (unpaired) electrons. The molecule has 7 aromatic carbocycles. The Kier molecular flexibility index (Phi) is 7.42. The zero-order valence-corrected chi connectivity index (χ0v) is 30.2. The number of pyridine rings is 3. The Morgan fingerprint density at radius 1 is 0.393 bits per heavy atom. The van der Waals surface area contributed by atoms with Crippen molar-refractivity contribution in [2.24, 2.45) is 0 Å². The van der Waals surface area contributed by atoms with E-state index in [4.69, 9.17) is 4.42 Å². The lowest BCUT2D eigenvalue weighted by molar-refractivity contribution is 0.669. The van der Waals surface area contributed by atoms with Crippen LogP contribution in [0.4, 0.5) is 17.1 Å². The van der Waals surface area contributed by atoms with Gasteiger partial charge in [-0.1, -0.05) is 78.9 Å². The van der Waals surface area contributed by atoms with Crippen LogP contribution in [-0.2, 0) is 0 Å². The van der Waals surface area contributed by atoms with Crippen LogP contribution in [0.15, 0.2) is 199 Å². The molecule has 4 heterocycles. The van der Waals surface area contributed by atoms with Gasteiger partial charge in [-0.15, -0.1) is 0 Å². The molecule has 0 aliphatic carbocycles. The Morgan fingerprint density at radius 3 is 1.61 bits per heavy atom. The minimum absolute atomic E-state index is 0.809. The highest BCUT2D eigenvalue weighted by Crippen LogP contribution is 2.40. The van der Waals surface area contributed by atoms with Crippen LogP contribution >= 0.6 is 0 Å². The molecular weight excluding hydrogens is 685 g/mol. The van der Waals surface area contributed by atoms with Crippen molar-refractivity contribution in [1.82, 2.24) is 15.0 Å². The van der Waals surface area contributed by atoms with Crippen LogP contribution in [0.1, 0.15) is 0 Å². The quantitative estimate of drug-likeness (QED) is 0.171. The number of rotatable bonds is 6. The van der Waals surface area contributed by atoms with Crippen LogP contribution in [-0.4, -0.2) is 15.0 Å². The van der Waals surface area contributed by atoms with Crippen molar-refractivity contribution in [3.8, 4) is 33.4 Å². The Labute approximate surface area is 322 Å². The monoisotopic (exact) mass is 716 g/mol. The summed E-state index contributed by atoms with van der Waals surface area (Å²) in [5, 5.41) is 7.95. The Bertz CT molecular complexity index is 3140. The summed E-state index contributed by atoms with van der Waals surface area (Å²) in [5.74, 6) is 0. The van der Waals surface area contributed by atoms with Gasteiger partial charge in [-0.3, -0.25) is 15.0 Å². The van der Waals surface area contributed by atoms with Gasteiger partial charge in [0.15, 0.2) is 5.58 Å². The third-order valence-electron chi connectivity index (χ3n) is 10.9. The van der Waals surface area contributed by atoms with Gasteiger partial charge in [-0.05, 0) is 134 Å². The zero-order valence-electron chi connectivity index (χ0n) is 30.2. The molecule has 11 rings (SSSR count). The molecule has 11 aromatic rings. The van der Waals surface area contributed by atoms with Crippen molar-refractivity contribution >= 4 is 71.4 Å². The third kappa shape index (κ3) is 5.53. The average molecular weight is 717 g/mol. The van der Waals surface area contributed by atoms with Crippen LogP contribution in [0.5, 0.6) is 0 Å². The summed E-state index contributed by atoms with van der Waals surface area (Å²) in [6.07, 6.45) is 9.39. The van der Waals surface area contributed by atoms with E-state index >= 15 is 0 Å². The highest BCUT2D eigenvalue weighted by molar-refractivity contribution is 6.08. The number of anilines is 3. The number of furan rings is 1. The molecule has 262 valence electrons. The van der Waals surface area contributed by atoms with Crippen molar-refractivity contribution in [3.05, 3.63) is 195 Å². The molecule has 4 aromatic heterocycles. The summed E-state index contributed by atoms with van der Waals surface area (Å²) in [7, 11) is 0. The van der Waals surface area contributed by atoms with Crippen molar-refractivity contribution in [3.63, 3.8) is 0 Å². The van der Waals surface area contributed by atoms with Gasteiger partial charge < -0.3 is 9.32 Å². The SMILES string of the molecule is c1ccc2c(c1)oc1c(-c3ccc4cc(N(c5ccc(-c6ccc7ccncc7c6)cc5)c5ccc(-c6ccc7ccncc7c6)cc5)ccc4c3)ccnc12. The van der Waals surface area contributed by atoms with E-state index in [-0.39, 0.29) is 0 Å². The van der Waals surface area contributed by atoms with E-state index in [1.807, 2.05) is 67.4 Å². The first-order valence-electron chi connectivity index (χ1n) is 18.7. The first-order valence-corrected chi connectivity index (χ1v) is 18.7. The van der Waals surface area contributed by atoms with Gasteiger partial charge in [-0.2, -0.15) is 0 Å². The predicted octanol–water partition coefficient (Wildman–Crippen LogP) is 13.7. The van der Waals surface area contributed by atoms with Gasteiger partial charge in [0.25, 0.3) is 0 Å². The minimum Gasteiger partial charge on any atom is -0.454 e. The number of aromatic nitrogens is 3. The summed E-state index contributed by atoms with van der Waals surface area (Å²) in [5.41, 5.74) is 12.5. The number of fused-ring (bicyclic) bond motifs is 6. The van der Waals surface area contributed by atoms with E-state index < -0.39 is 0 Å². The highest BCUT2D eigenvalue weighted by atomic mass is 16.3. The first kappa shape index (κ1) is 31.9. The smallest absolute Gasteiger partial charge is 0.161 e. The fourth-order valence-corrected chi connectivity index (χ4v) is 7.95. The van der Waals surface area contributed by atoms with Gasteiger partial charge in [0.2, 0.25) is 0 Å². The highest BCUT2D eigenvalue weighted by Gasteiger charge is 2.17. The van der Waals surface area contributed by atoms with E-state index in [1.54, 1.807) is 0 Å². The molecule has 56 heavy (non-hydrogen) atoms. The largest absolute Gasteiger partial charge is 0.454 e. The van der Waals surface area contributed by atoms with Crippen LogP contribution in [0.25, 0.3) is 87.8 Å². The molecule has 0 N–H and O–H groups in total. The van der Waals surface area contributed by atoms with Crippen molar-refractivity contribution in [2.75, 3.05) is 4.90 Å². The zero-order chi connectivity index (χ0) is 37.0. The van der Waals surface area contributed by atoms with Gasteiger partial charge in [0.05, 0.1) is 0 Å². The second-order valence-electron chi connectivity index (χ2n) is 14.2. The molecule has 0 saturated heterocycles. The van der Waals surface area contributed by atoms with Gasteiger partial charge in [-0.25, -0.2) is 0 Å². The fourth-order valence-electron chi connectivity index (χ4n) is 7.95. The van der Waals surface area contributed by atoms with E-state index in [0.29, 0.717) is 0 Å². The average Bonchev–Trinajstić information content (AvgIpc) is 3.66. The van der Waals surface area contributed by atoms with E-state index in [2.05, 4.69) is 147 Å². The molecular formula is C51H32N4O. The topological polar surface area (TPSA) is 55.1 Å². The molecule has 0 unspecified atom stereocenters. The molecule has 0 bridgehead atoms. The number of benzene rings is 7. The summed E-state index contributed by atoms with van der Waals surface area (Å²) >= 11 is 0. The summed E-state index contributed by atoms with van der Waals surface area (Å²) in [4.78, 5) is 15.7. The Morgan fingerprint density at radius 2 is 0.929 bits per heavy atom. The van der Waals surface area contributed by atoms with Crippen LogP contribution in [0.3, 0.4) is 0 Å². The lowest BCUT2D eigenvalue weighted by Crippen LogP contribution is -2.09. The van der Waals surface area contributed by atoms with E-state index in [0.717, 1.165) is 94.1 Å². The standard InChI is InChI=1S/C51H32N4O/c1-2-4-49-48(3-1)50-51(56-49)47(23-26-54-50)41-10-9-40-30-46(20-15-39(40)27-41)55(44-16-11-33(12-17-44)37-7-5-35-21-24-52-31-42(35)28-37)45-18-13-34(14-19-45)38-8-6-36-22-25-53-32-43(36)29-38/h1-32H. The van der Waals surface area contributed by atoms with Crippen molar-refractivity contribution < 1.29 is 4.42 Å². The molecule has 0 aliphatic heterocycles. The van der Waals surface area contributed by atoms with Crippen LogP contribution < -0.4 is 4.90 Å². The van der Waals surface area contributed by atoms with Crippen molar-refractivity contribution in [2.45, 2.75) is 0 Å². The third-order valence-corrected chi connectivity index (χ3v) is 10.9. The number of hydrogen-bond acceptors (Lipinski definition) is 5. The fraction of sp³-hybridized carbons (Fsp3) is 0. The lowest BCUT2D eigenvalue weighted by Gasteiger charge is -2.26. The van der Waals surface area contributed by atoms with Crippen molar-refractivity contribution in [1.29, 1.82) is 0 Å². The van der Waals surface area contributed by atoms with Crippen LogP contribution in [0, 0.1) is 0 Å². The number of nitrogens with zero attached hydrogens (tertiary/aromatic N) is 4. The van der Waals surface area contributed by atoms with E-state index in [9.17, 15) is 0 Å². The second kappa shape index (κ2) is 13.0. The minimum atomic E-state index is 0.809. The number of para-hydroxylation sites is 1. The summed E-state index contributed by atoms with van der Waals surface area (Å²) in [6, 6.07) is 58.3. The second-order valence-corrected chi connectivity index (χ2v) is 14.2. The van der Waals surface area contributed by atoms with Gasteiger partial charge in [0, 0.05) is 69.8 Å². The molecule has 5 nitrogen and oxygen atoms in total. The summed E-state index contributed by atoms with van der Waals surface area (Å²) < 4.78 is 6.33. The molecule has 0 saturated carbocycles.